The first-order valence-electron chi connectivity index (χ1n) is 8.14. The average Bonchev–Trinajstić information content (AvgIpc) is 3.10. The second-order valence-corrected chi connectivity index (χ2v) is 6.31. The molecule has 5 nitrogen and oxygen atoms in total. The van der Waals surface area contributed by atoms with Crippen molar-refractivity contribution in [2.45, 2.75) is 70.3 Å². The van der Waals surface area contributed by atoms with Gasteiger partial charge >= 0.3 is 0 Å². The summed E-state index contributed by atoms with van der Waals surface area (Å²) in [7, 11) is 0. The Morgan fingerprint density at radius 2 is 1.86 bits per heavy atom. The molecule has 5 heteroatoms. The molecular formula is C16H26N2O3. The number of aryl methyl sites for hydroxylation is 2. The molecule has 1 N–H and O–H groups in total. The molecule has 3 rings (SSSR count). The highest BCUT2D eigenvalue weighted by Crippen LogP contribution is 2.41. The Labute approximate surface area is 126 Å². The molecule has 118 valence electrons. The van der Waals surface area contributed by atoms with Crippen LogP contribution in [-0.2, 0) is 28.9 Å². The largest absolute Gasteiger partial charge is 0.389 e. The lowest BCUT2D eigenvalue weighted by atomic mass is 9.78. The summed E-state index contributed by atoms with van der Waals surface area (Å²) in [6.45, 7) is 6.42. The van der Waals surface area contributed by atoms with Crippen molar-refractivity contribution in [1.82, 2.24) is 9.78 Å². The van der Waals surface area contributed by atoms with Gasteiger partial charge in [0.25, 0.3) is 0 Å². The van der Waals surface area contributed by atoms with Gasteiger partial charge in [-0.1, -0.05) is 6.92 Å². The molecule has 1 aliphatic heterocycles. The third-order valence-electron chi connectivity index (χ3n) is 4.84. The molecule has 0 bridgehead atoms. The summed E-state index contributed by atoms with van der Waals surface area (Å²) in [6.07, 6.45) is 4.62. The molecule has 1 spiro atoms. The first-order valence-corrected chi connectivity index (χ1v) is 8.14. The highest BCUT2D eigenvalue weighted by Gasteiger charge is 2.45. The van der Waals surface area contributed by atoms with Gasteiger partial charge in [-0.15, -0.1) is 0 Å². The zero-order chi connectivity index (χ0) is 14.9. The van der Waals surface area contributed by atoms with Gasteiger partial charge in [0.1, 0.15) is 0 Å². The van der Waals surface area contributed by atoms with Gasteiger partial charge in [0.05, 0.1) is 24.5 Å². The van der Waals surface area contributed by atoms with E-state index in [1.807, 2.05) is 4.68 Å². The number of nitrogens with zero attached hydrogens (tertiary/aromatic N) is 2. The summed E-state index contributed by atoms with van der Waals surface area (Å²) in [5.41, 5.74) is 1.59. The number of ether oxygens (including phenoxy) is 2. The van der Waals surface area contributed by atoms with Crippen LogP contribution < -0.4 is 0 Å². The molecule has 0 atom stereocenters. The Morgan fingerprint density at radius 3 is 2.43 bits per heavy atom. The van der Waals surface area contributed by atoms with E-state index in [0.717, 1.165) is 50.0 Å². The number of rotatable bonds is 4. The number of aromatic nitrogens is 2. The lowest BCUT2D eigenvalue weighted by Gasteiger charge is -2.40. The van der Waals surface area contributed by atoms with Crippen LogP contribution in [0.15, 0.2) is 6.07 Å². The van der Waals surface area contributed by atoms with Gasteiger partial charge < -0.3 is 14.6 Å². The average molecular weight is 294 g/mol. The van der Waals surface area contributed by atoms with E-state index in [1.165, 1.54) is 0 Å². The van der Waals surface area contributed by atoms with E-state index in [-0.39, 0.29) is 0 Å². The maximum Gasteiger partial charge on any atom is 0.168 e. The quantitative estimate of drug-likeness (QED) is 0.923. The van der Waals surface area contributed by atoms with Gasteiger partial charge in [-0.2, -0.15) is 5.10 Å². The fourth-order valence-corrected chi connectivity index (χ4v) is 3.50. The monoisotopic (exact) mass is 294 g/mol. The van der Waals surface area contributed by atoms with Crippen LogP contribution >= 0.6 is 0 Å². The predicted octanol–water partition coefficient (Wildman–Crippen LogP) is 2.06. The Hall–Kier alpha value is -0.910. The van der Waals surface area contributed by atoms with E-state index < -0.39 is 11.4 Å². The molecule has 2 aliphatic rings. The van der Waals surface area contributed by atoms with Crippen molar-refractivity contribution >= 4 is 0 Å². The fraction of sp³-hybridized carbons (Fsp3) is 0.812. The molecule has 1 aromatic rings. The Morgan fingerprint density at radius 1 is 1.19 bits per heavy atom. The summed E-state index contributed by atoms with van der Waals surface area (Å²) >= 11 is 0. The molecule has 2 heterocycles. The second kappa shape index (κ2) is 5.71. The van der Waals surface area contributed by atoms with Gasteiger partial charge in [0.2, 0.25) is 0 Å². The lowest BCUT2D eigenvalue weighted by Crippen LogP contribution is -2.45. The van der Waals surface area contributed by atoms with Crippen LogP contribution in [0.3, 0.4) is 0 Å². The molecule has 21 heavy (non-hydrogen) atoms. The van der Waals surface area contributed by atoms with Crippen LogP contribution in [0.25, 0.3) is 0 Å². The fourth-order valence-electron chi connectivity index (χ4n) is 3.50. The van der Waals surface area contributed by atoms with E-state index in [0.29, 0.717) is 19.6 Å². The van der Waals surface area contributed by atoms with E-state index in [4.69, 9.17) is 9.47 Å². The molecule has 1 saturated carbocycles. The first kappa shape index (κ1) is 15.0. The third-order valence-corrected chi connectivity index (χ3v) is 4.84. The molecule has 0 aromatic carbocycles. The normalized spacial score (nSPS) is 23.8. The molecule has 2 fully saturated rings. The standard InChI is InChI=1S/C16H26N2O3/c1-3-13-11-14(18(4-2)17-13)12-15(19)5-7-16(8-6-15)20-9-10-21-16/h11,19H,3-10,12H2,1-2H3. The van der Waals surface area contributed by atoms with Crippen LogP contribution in [0.2, 0.25) is 0 Å². The minimum atomic E-state index is -0.654. The summed E-state index contributed by atoms with van der Waals surface area (Å²) in [6, 6.07) is 2.13. The highest BCUT2D eigenvalue weighted by molar-refractivity contribution is 5.14. The van der Waals surface area contributed by atoms with Crippen molar-refractivity contribution in [3.63, 3.8) is 0 Å². The topological polar surface area (TPSA) is 56.5 Å². The van der Waals surface area contributed by atoms with Gasteiger partial charge in [-0.3, -0.25) is 4.68 Å². The summed E-state index contributed by atoms with van der Waals surface area (Å²) in [5, 5.41) is 15.5. The Kier molecular flexibility index (Phi) is 4.08. The first-order chi connectivity index (χ1) is 10.1. The molecular weight excluding hydrogens is 268 g/mol. The van der Waals surface area contributed by atoms with Crippen LogP contribution in [0.4, 0.5) is 0 Å². The minimum absolute atomic E-state index is 0.411. The summed E-state index contributed by atoms with van der Waals surface area (Å²) in [4.78, 5) is 0. The van der Waals surface area contributed by atoms with Gasteiger partial charge in [0.15, 0.2) is 5.79 Å². The zero-order valence-electron chi connectivity index (χ0n) is 13.1. The predicted molar refractivity (Wildman–Crippen MR) is 79.0 cm³/mol. The maximum atomic E-state index is 10.9. The zero-order valence-corrected chi connectivity index (χ0v) is 13.1. The van der Waals surface area contributed by atoms with E-state index in [2.05, 4.69) is 25.0 Å². The van der Waals surface area contributed by atoms with Crippen molar-refractivity contribution in [3.05, 3.63) is 17.5 Å². The number of hydrogen-bond acceptors (Lipinski definition) is 4. The molecule has 0 amide bonds. The third kappa shape index (κ3) is 3.00. The van der Waals surface area contributed by atoms with Crippen molar-refractivity contribution in [2.75, 3.05) is 13.2 Å². The van der Waals surface area contributed by atoms with Gasteiger partial charge in [0, 0.05) is 31.5 Å². The van der Waals surface area contributed by atoms with Crippen LogP contribution in [0, 0.1) is 0 Å². The van der Waals surface area contributed by atoms with Crippen LogP contribution in [-0.4, -0.2) is 39.5 Å². The molecule has 1 aromatic heterocycles. The van der Waals surface area contributed by atoms with Crippen molar-refractivity contribution < 1.29 is 14.6 Å². The maximum absolute atomic E-state index is 10.9. The second-order valence-electron chi connectivity index (χ2n) is 6.31. The summed E-state index contributed by atoms with van der Waals surface area (Å²) < 4.78 is 13.5. The van der Waals surface area contributed by atoms with Gasteiger partial charge in [-0.25, -0.2) is 0 Å². The van der Waals surface area contributed by atoms with E-state index in [9.17, 15) is 5.11 Å². The lowest BCUT2D eigenvalue weighted by molar-refractivity contribution is -0.202. The minimum Gasteiger partial charge on any atom is -0.389 e. The van der Waals surface area contributed by atoms with Crippen molar-refractivity contribution in [1.29, 1.82) is 0 Å². The van der Waals surface area contributed by atoms with Crippen molar-refractivity contribution in [2.24, 2.45) is 0 Å². The van der Waals surface area contributed by atoms with Crippen molar-refractivity contribution in [3.8, 4) is 0 Å². The molecule has 1 saturated heterocycles. The molecule has 0 radical (unpaired) electrons. The van der Waals surface area contributed by atoms with E-state index >= 15 is 0 Å². The van der Waals surface area contributed by atoms with Crippen LogP contribution in [0.1, 0.15) is 50.9 Å². The Balaban J connectivity index is 1.68. The Bertz CT molecular complexity index is 482. The highest BCUT2D eigenvalue weighted by atomic mass is 16.7. The van der Waals surface area contributed by atoms with E-state index in [1.54, 1.807) is 0 Å². The number of hydrogen-bond donors (Lipinski definition) is 1. The molecule has 0 unspecified atom stereocenters. The van der Waals surface area contributed by atoms with Crippen LogP contribution in [0.5, 0.6) is 0 Å². The summed E-state index contributed by atoms with van der Waals surface area (Å²) in [5.74, 6) is -0.411. The van der Waals surface area contributed by atoms with Gasteiger partial charge in [-0.05, 0) is 32.3 Å². The smallest absolute Gasteiger partial charge is 0.168 e. The number of aliphatic hydroxyl groups is 1. The molecule has 1 aliphatic carbocycles. The SMILES string of the molecule is CCc1cc(CC2(O)CCC3(CC2)OCCO3)n(CC)n1.